The van der Waals surface area contributed by atoms with Crippen LogP contribution in [-0.4, -0.2) is 21.7 Å². The first-order chi connectivity index (χ1) is 9.22. The van der Waals surface area contributed by atoms with Crippen LogP contribution in [0.4, 0.5) is 0 Å². The van der Waals surface area contributed by atoms with E-state index in [0.717, 1.165) is 35.2 Å². The van der Waals surface area contributed by atoms with E-state index < -0.39 is 6.41 Å². The van der Waals surface area contributed by atoms with Gasteiger partial charge in [0.05, 0.1) is 0 Å². The summed E-state index contributed by atoms with van der Waals surface area (Å²) in [6, 6.07) is 16.3. The molecule has 0 radical (unpaired) electrons. The molecule has 0 amide bonds. The van der Waals surface area contributed by atoms with Crippen molar-refractivity contribution in [2.45, 2.75) is 13.3 Å². The van der Waals surface area contributed by atoms with Crippen LogP contribution in [0.15, 0.2) is 48.5 Å². The van der Waals surface area contributed by atoms with Crippen molar-refractivity contribution >= 4 is 22.0 Å². The van der Waals surface area contributed by atoms with Gasteiger partial charge < -0.3 is 0 Å². The first-order valence-electron chi connectivity index (χ1n) is 6.38. The Bertz CT molecular complexity index is 553. The van der Waals surface area contributed by atoms with Gasteiger partial charge in [0.1, 0.15) is 0 Å². The molecule has 2 aromatic carbocycles. The van der Waals surface area contributed by atoms with Crippen LogP contribution in [0.25, 0.3) is 11.1 Å². The number of para-hydroxylation sites is 2. The molecule has 0 spiro atoms. The molecule has 98 valence electrons. The molecule has 1 heterocycles. The van der Waals surface area contributed by atoms with Gasteiger partial charge in [0, 0.05) is 0 Å². The predicted octanol–water partition coefficient (Wildman–Crippen LogP) is 4.47. The predicted molar refractivity (Wildman–Crippen MR) is 81.0 cm³/mol. The quantitative estimate of drug-likeness (QED) is 0.595. The molecule has 0 unspecified atom stereocenters. The number of rotatable bonds is 2. The summed E-state index contributed by atoms with van der Waals surface area (Å²) in [6.45, 7) is 2.15. The van der Waals surface area contributed by atoms with Gasteiger partial charge in [0.2, 0.25) is 0 Å². The summed E-state index contributed by atoms with van der Waals surface area (Å²) < 4.78 is 12.4. The molecular formula is C15H15O2PSe. The Morgan fingerprint density at radius 3 is 1.84 bits per heavy atom. The molecule has 2 nitrogen and oxygen atoms in total. The van der Waals surface area contributed by atoms with Crippen LogP contribution in [0.5, 0.6) is 11.5 Å². The number of fused-ring (bicyclic) bond motifs is 3. The molecule has 19 heavy (non-hydrogen) atoms. The van der Waals surface area contributed by atoms with Crippen molar-refractivity contribution < 1.29 is 9.05 Å². The number of hydrogen-bond donors (Lipinski definition) is 0. The Morgan fingerprint density at radius 2 is 1.37 bits per heavy atom. The summed E-state index contributed by atoms with van der Waals surface area (Å²) in [4.78, 5) is 0. The Balaban J connectivity index is 2.18. The number of hydrogen-bond acceptors (Lipinski definition) is 2. The maximum absolute atomic E-state index is 6.20. The Morgan fingerprint density at radius 1 is 0.895 bits per heavy atom. The van der Waals surface area contributed by atoms with E-state index in [4.69, 9.17) is 9.05 Å². The van der Waals surface area contributed by atoms with Crippen LogP contribution in [0.1, 0.15) is 13.3 Å². The van der Waals surface area contributed by atoms with Crippen LogP contribution >= 0.6 is 6.41 Å². The number of benzene rings is 2. The maximum atomic E-state index is 6.20. The molecule has 0 aliphatic carbocycles. The fraction of sp³-hybridized carbons (Fsp3) is 0.200. The molecule has 0 bridgehead atoms. The molecule has 0 atom stereocenters. The van der Waals surface area contributed by atoms with Gasteiger partial charge in [-0.05, 0) is 0 Å². The standard InChI is InChI=1S/C15H15O2PSe/c1-2-11-18(19)16-14-9-5-3-7-12(14)13-8-4-6-10-15(13)17-18/h3-10H,2,11H2,1H3. The van der Waals surface area contributed by atoms with Crippen LogP contribution in [0.2, 0.25) is 0 Å². The summed E-state index contributed by atoms with van der Waals surface area (Å²) in [5.41, 5.74) is 2.21. The second-order valence-electron chi connectivity index (χ2n) is 4.51. The minimum atomic E-state index is -2.00. The van der Waals surface area contributed by atoms with Gasteiger partial charge in [0.15, 0.2) is 0 Å². The topological polar surface area (TPSA) is 18.5 Å². The fourth-order valence-corrected chi connectivity index (χ4v) is 6.07. The van der Waals surface area contributed by atoms with Crippen LogP contribution in [0, 0.1) is 0 Å². The van der Waals surface area contributed by atoms with E-state index in [1.807, 2.05) is 36.4 Å². The summed E-state index contributed by atoms with van der Waals surface area (Å²) in [6.07, 6.45) is -0.0513. The molecule has 2 aromatic rings. The minimum absolute atomic E-state index is 0.910. The van der Waals surface area contributed by atoms with E-state index >= 15 is 0 Å². The SMILES string of the molecule is CCC[P+]1([Se-])Oc2ccccc2-c2ccccc2O1. The van der Waals surface area contributed by atoms with Crippen molar-refractivity contribution in [1.82, 2.24) is 0 Å². The molecule has 3 rings (SSSR count). The monoisotopic (exact) mass is 338 g/mol. The van der Waals surface area contributed by atoms with Gasteiger partial charge in [-0.2, -0.15) is 0 Å². The van der Waals surface area contributed by atoms with Gasteiger partial charge in [-0.15, -0.1) is 0 Å². The third-order valence-electron chi connectivity index (χ3n) is 3.04. The van der Waals surface area contributed by atoms with E-state index in [1.165, 1.54) is 0 Å². The molecule has 4 heteroatoms. The van der Waals surface area contributed by atoms with E-state index in [9.17, 15) is 0 Å². The van der Waals surface area contributed by atoms with Gasteiger partial charge >= 0.3 is 122 Å². The molecule has 0 fully saturated rings. The Hall–Kier alpha value is -1.01. The summed E-state index contributed by atoms with van der Waals surface area (Å²) in [5.74, 6) is 1.82. The molecule has 1 aliphatic rings. The molecule has 0 saturated heterocycles. The average molecular weight is 337 g/mol. The van der Waals surface area contributed by atoms with Crippen molar-refractivity contribution in [1.29, 1.82) is 0 Å². The van der Waals surface area contributed by atoms with Crippen molar-refractivity contribution in [3.8, 4) is 22.6 Å². The zero-order valence-electron chi connectivity index (χ0n) is 10.7. The van der Waals surface area contributed by atoms with Crippen LogP contribution in [-0.2, 0) is 0 Å². The third kappa shape index (κ3) is 2.51. The second kappa shape index (κ2) is 5.17. The van der Waals surface area contributed by atoms with Crippen molar-refractivity contribution in [3.63, 3.8) is 0 Å². The Labute approximate surface area is 122 Å². The van der Waals surface area contributed by atoms with Crippen LogP contribution < -0.4 is 9.05 Å². The average Bonchev–Trinajstić information content (AvgIpc) is 2.52. The van der Waals surface area contributed by atoms with E-state index in [1.54, 1.807) is 0 Å². The molecule has 1 aliphatic heterocycles. The van der Waals surface area contributed by atoms with Gasteiger partial charge in [-0.3, -0.25) is 0 Å². The summed E-state index contributed by atoms with van der Waals surface area (Å²) in [5, 5.41) is 0. The van der Waals surface area contributed by atoms with E-state index in [2.05, 4.69) is 34.6 Å². The van der Waals surface area contributed by atoms with Gasteiger partial charge in [0.25, 0.3) is 0 Å². The van der Waals surface area contributed by atoms with Gasteiger partial charge in [-0.1, -0.05) is 0 Å². The van der Waals surface area contributed by atoms with Crippen LogP contribution in [0.3, 0.4) is 0 Å². The molecule has 0 N–H and O–H groups in total. The zero-order valence-corrected chi connectivity index (χ0v) is 13.3. The summed E-state index contributed by atoms with van der Waals surface area (Å²) in [7, 11) is 0. The normalized spacial score (nSPS) is 15.5. The van der Waals surface area contributed by atoms with Crippen molar-refractivity contribution in [2.75, 3.05) is 6.16 Å². The third-order valence-corrected chi connectivity index (χ3v) is 7.07. The van der Waals surface area contributed by atoms with E-state index in [-0.39, 0.29) is 0 Å². The van der Waals surface area contributed by atoms with Gasteiger partial charge in [-0.25, -0.2) is 0 Å². The zero-order chi connectivity index (χ0) is 13.3. The first-order valence-corrected chi connectivity index (χ1v) is 10.4. The molecule has 0 saturated carbocycles. The fourth-order valence-electron chi connectivity index (χ4n) is 2.22. The molecular weight excluding hydrogens is 322 g/mol. The van der Waals surface area contributed by atoms with Crippen molar-refractivity contribution in [3.05, 3.63) is 48.5 Å². The summed E-state index contributed by atoms with van der Waals surface area (Å²) >= 11 is 3.18. The molecule has 0 aromatic heterocycles. The first kappa shape index (κ1) is 13.0. The Kier molecular flexibility index (Phi) is 3.54. The van der Waals surface area contributed by atoms with E-state index in [0.29, 0.717) is 0 Å². The van der Waals surface area contributed by atoms with Crippen molar-refractivity contribution in [2.24, 2.45) is 0 Å². The second-order valence-corrected chi connectivity index (χ2v) is 10.0.